The number of rotatable bonds is 13. The fraction of sp³-hybridized carbons (Fsp3) is 0.826. The Morgan fingerprint density at radius 3 is 0.731 bits per heavy atom. The van der Waals surface area contributed by atoms with Gasteiger partial charge in [0, 0.05) is 0 Å². The van der Waals surface area contributed by atoms with E-state index in [1.54, 1.807) is 0 Å². The average Bonchev–Trinajstić information content (AvgIpc) is 2.94. The number of hydrogen-bond donors (Lipinski definition) is 3. The molecule has 0 atom stereocenters. The van der Waals surface area contributed by atoms with Crippen LogP contribution in [0.5, 0.6) is 0 Å². The van der Waals surface area contributed by atoms with Gasteiger partial charge in [-0.3, -0.25) is 4.79 Å². The van der Waals surface area contributed by atoms with Crippen molar-refractivity contribution in [1.82, 2.24) is 0 Å². The number of esters is 4. The van der Waals surface area contributed by atoms with Crippen LogP contribution in [-0.4, -0.2) is 119 Å². The van der Waals surface area contributed by atoms with Crippen molar-refractivity contribution in [3.8, 4) is 0 Å². The number of aliphatic hydroxyl groups is 3. The van der Waals surface area contributed by atoms with Crippen molar-refractivity contribution in [2.45, 2.75) is 81.1 Å². The molecule has 0 bridgehead atoms. The van der Waals surface area contributed by atoms with E-state index in [2.05, 4.69) is 18.9 Å². The van der Waals surface area contributed by atoms with Gasteiger partial charge >= 0.3 is 77.7 Å². The molecular formula is C23H22F18O11. The van der Waals surface area contributed by atoms with Crippen molar-refractivity contribution in [3.05, 3.63) is 0 Å². The van der Waals surface area contributed by atoms with Gasteiger partial charge in [0.05, 0.1) is 5.41 Å². The summed E-state index contributed by atoms with van der Waals surface area (Å²) in [5.74, 6) is -13.6. The highest BCUT2D eigenvalue weighted by molar-refractivity contribution is 5.83. The van der Waals surface area contributed by atoms with Crippen molar-refractivity contribution in [2.24, 2.45) is 10.8 Å². The first-order valence-corrected chi connectivity index (χ1v) is 12.8. The highest BCUT2D eigenvalue weighted by atomic mass is 19.4. The molecule has 0 aliphatic rings. The molecule has 0 rings (SSSR count). The van der Waals surface area contributed by atoms with Crippen LogP contribution in [0.4, 0.5) is 79.0 Å². The predicted octanol–water partition coefficient (Wildman–Crippen LogP) is 4.15. The lowest BCUT2D eigenvalue weighted by atomic mass is 9.89. The normalized spacial score (nSPS) is 14.8. The molecule has 0 aliphatic carbocycles. The molecule has 52 heavy (non-hydrogen) atoms. The van der Waals surface area contributed by atoms with Gasteiger partial charge in [0.15, 0.2) is 0 Å². The van der Waals surface area contributed by atoms with Gasteiger partial charge in [-0.05, 0) is 20.3 Å². The minimum atomic E-state index is -7.13. The molecule has 0 heterocycles. The summed E-state index contributed by atoms with van der Waals surface area (Å²) in [6.45, 7) is -7.48. The summed E-state index contributed by atoms with van der Waals surface area (Å²) in [7, 11) is 0. The van der Waals surface area contributed by atoms with Crippen LogP contribution in [0.25, 0.3) is 0 Å². The monoisotopic (exact) mass is 816 g/mol. The molecule has 0 saturated carbocycles. The maximum atomic E-state index is 13.2. The van der Waals surface area contributed by atoms with Crippen molar-refractivity contribution in [1.29, 1.82) is 0 Å². The van der Waals surface area contributed by atoms with Crippen molar-refractivity contribution >= 4 is 23.9 Å². The molecule has 0 aromatic carbocycles. The minimum absolute atomic E-state index is 0.323. The number of halogens is 18. The lowest BCUT2D eigenvalue weighted by Gasteiger charge is -2.37. The van der Waals surface area contributed by atoms with Gasteiger partial charge in [0.2, 0.25) is 0 Å². The molecule has 0 saturated heterocycles. The molecule has 3 N–H and O–H groups in total. The highest BCUT2D eigenvalue weighted by Gasteiger charge is 2.79. The summed E-state index contributed by atoms with van der Waals surface area (Å²) in [6.07, 6.45) is -43.1. The predicted molar refractivity (Wildman–Crippen MR) is 122 cm³/mol. The zero-order chi connectivity index (χ0) is 42.2. The lowest BCUT2D eigenvalue weighted by molar-refractivity contribution is -0.357. The Morgan fingerprint density at radius 2 is 0.577 bits per heavy atom. The third kappa shape index (κ3) is 9.34. The van der Waals surface area contributed by atoms with Gasteiger partial charge in [-0.25, -0.2) is 14.4 Å². The van der Waals surface area contributed by atoms with Crippen LogP contribution >= 0.6 is 0 Å². The van der Waals surface area contributed by atoms with Crippen LogP contribution in [0.2, 0.25) is 0 Å². The zero-order valence-electron chi connectivity index (χ0n) is 25.4. The molecule has 0 amide bonds. The van der Waals surface area contributed by atoms with Gasteiger partial charge in [-0.2, -0.15) is 79.0 Å². The van der Waals surface area contributed by atoms with Crippen molar-refractivity contribution in [3.63, 3.8) is 0 Å². The largest absolute Gasteiger partial charge is 0.464 e. The van der Waals surface area contributed by atoms with Crippen LogP contribution in [0, 0.1) is 10.8 Å². The Morgan fingerprint density at radius 1 is 0.404 bits per heavy atom. The fourth-order valence-corrected chi connectivity index (χ4v) is 2.95. The summed E-state index contributed by atoms with van der Waals surface area (Å²) >= 11 is 0. The van der Waals surface area contributed by atoms with E-state index in [0.717, 1.165) is 13.8 Å². The van der Waals surface area contributed by atoms with Crippen LogP contribution in [0.1, 0.15) is 27.2 Å². The van der Waals surface area contributed by atoms with E-state index in [0.29, 0.717) is 0 Å². The molecule has 0 radical (unpaired) electrons. The number of hydrogen-bond acceptors (Lipinski definition) is 11. The van der Waals surface area contributed by atoms with Crippen LogP contribution in [0.15, 0.2) is 0 Å². The molecule has 0 spiro atoms. The summed E-state index contributed by atoms with van der Waals surface area (Å²) in [4.78, 5) is 48.3. The Hall–Kier alpha value is -3.50. The van der Waals surface area contributed by atoms with Crippen LogP contribution in [-0.2, 0) is 38.1 Å². The Labute approximate surface area is 275 Å². The molecule has 306 valence electrons. The summed E-state index contributed by atoms with van der Waals surface area (Å²) in [5, 5.41) is 27.5. The van der Waals surface area contributed by atoms with E-state index < -0.39 is 115 Å². The van der Waals surface area contributed by atoms with Gasteiger partial charge < -0.3 is 34.3 Å². The quantitative estimate of drug-likeness (QED) is 0.139. The number of carbonyl (C=O) groups is 4. The van der Waals surface area contributed by atoms with E-state index in [-0.39, 0.29) is 6.42 Å². The summed E-state index contributed by atoms with van der Waals surface area (Å²) in [6, 6.07) is 0. The standard InChI is InChI=1S/C23H22F18O11/c1-4-13(2,3)9(42)49-5-14(6-50-10(43)15(46,18(24,25)26)19(27,28)29,7-51-11(44)16(47,20(30,31)32)21(33,34)35)8-52-12(45)17(48,22(36,37)38)23(39,40)41/h46-48H,4-8H2,1-3H3. The number of carbonyl (C=O) groups excluding carboxylic acids is 4. The molecule has 0 unspecified atom stereocenters. The zero-order valence-corrected chi connectivity index (χ0v) is 25.4. The maximum Gasteiger partial charge on any atom is 0.437 e. The summed E-state index contributed by atoms with van der Waals surface area (Å²) < 4.78 is 252. The number of ether oxygens (including phenoxy) is 4. The topological polar surface area (TPSA) is 166 Å². The fourth-order valence-electron chi connectivity index (χ4n) is 2.95. The molecular weight excluding hydrogens is 794 g/mol. The summed E-state index contributed by atoms with van der Waals surface area (Å²) in [5.41, 5.74) is -25.7. The van der Waals surface area contributed by atoms with Crippen molar-refractivity contribution in [2.75, 3.05) is 26.4 Å². The van der Waals surface area contributed by atoms with Crippen molar-refractivity contribution < 1.29 is 132 Å². The molecule has 29 heteroatoms. The van der Waals surface area contributed by atoms with E-state index in [4.69, 9.17) is 15.3 Å². The SMILES string of the molecule is CCC(C)(C)C(=O)OCC(COC(=O)C(O)(C(F)(F)F)C(F)(F)F)(COC(=O)C(O)(C(F)(F)F)C(F)(F)F)COC(=O)C(O)(C(F)(F)F)C(F)(F)F. The van der Waals surface area contributed by atoms with E-state index in [9.17, 15) is 98.2 Å². The molecule has 0 aromatic heterocycles. The Balaban J connectivity index is 7.57. The van der Waals surface area contributed by atoms with E-state index in [1.807, 2.05) is 0 Å². The Bertz CT molecular complexity index is 1130. The molecule has 0 fully saturated rings. The van der Waals surface area contributed by atoms with E-state index >= 15 is 0 Å². The van der Waals surface area contributed by atoms with Gasteiger partial charge in [0.25, 0.3) is 0 Å². The molecule has 0 aliphatic heterocycles. The minimum Gasteiger partial charge on any atom is -0.464 e. The molecule has 0 aromatic rings. The van der Waals surface area contributed by atoms with Gasteiger partial charge in [0.1, 0.15) is 31.8 Å². The number of alkyl halides is 18. The first kappa shape index (κ1) is 48.5. The van der Waals surface area contributed by atoms with Crippen LogP contribution < -0.4 is 0 Å². The third-order valence-electron chi connectivity index (χ3n) is 6.82. The third-order valence-corrected chi connectivity index (χ3v) is 6.82. The van der Waals surface area contributed by atoms with Crippen LogP contribution in [0.3, 0.4) is 0 Å². The Kier molecular flexibility index (Phi) is 13.7. The maximum absolute atomic E-state index is 13.2. The van der Waals surface area contributed by atoms with E-state index in [1.165, 1.54) is 6.92 Å². The second-order valence-corrected chi connectivity index (χ2v) is 11.2. The van der Waals surface area contributed by atoms with Gasteiger partial charge in [-0.1, -0.05) is 6.92 Å². The lowest BCUT2D eigenvalue weighted by Crippen LogP contribution is -2.64. The van der Waals surface area contributed by atoms with Gasteiger partial charge in [-0.15, -0.1) is 0 Å². The first-order chi connectivity index (χ1) is 22.6. The second-order valence-electron chi connectivity index (χ2n) is 11.2. The highest BCUT2D eigenvalue weighted by Crippen LogP contribution is 2.47. The smallest absolute Gasteiger partial charge is 0.437 e. The molecule has 11 nitrogen and oxygen atoms in total. The first-order valence-electron chi connectivity index (χ1n) is 12.8. The second kappa shape index (κ2) is 14.7. The average molecular weight is 816 g/mol.